The average molecular weight is 459 g/mol. The van der Waals surface area contributed by atoms with Crippen LogP contribution in [0.4, 0.5) is 0 Å². The van der Waals surface area contributed by atoms with E-state index in [1.807, 2.05) is 13.2 Å². The lowest BCUT2D eigenvalue weighted by Gasteiger charge is -2.41. The molecule has 1 aromatic rings. The molecule has 2 unspecified atom stereocenters. The largest absolute Gasteiger partial charge is 0.475 e. The summed E-state index contributed by atoms with van der Waals surface area (Å²) in [5, 5.41) is 0. The maximum atomic E-state index is 12.4. The highest BCUT2D eigenvalue weighted by Crippen LogP contribution is 2.31. The Kier molecular flexibility index (Phi) is 10.6. The van der Waals surface area contributed by atoms with Crippen LogP contribution in [0.2, 0.25) is 0 Å². The average Bonchev–Trinajstić information content (AvgIpc) is 3.20. The van der Waals surface area contributed by atoms with Crippen LogP contribution in [-0.2, 0) is 9.53 Å². The van der Waals surface area contributed by atoms with Gasteiger partial charge in [-0.25, -0.2) is 4.79 Å². The first kappa shape index (κ1) is 25.1. The topological polar surface area (TPSA) is 89.0 Å². The molecule has 1 aromatic heterocycles. The van der Waals surface area contributed by atoms with E-state index in [-0.39, 0.29) is 18.2 Å². The predicted octanol–water partition coefficient (Wildman–Crippen LogP) is 2.98. The van der Waals surface area contributed by atoms with Crippen LogP contribution in [0.3, 0.4) is 0 Å². The summed E-state index contributed by atoms with van der Waals surface area (Å²) < 4.78 is 21.3. The summed E-state index contributed by atoms with van der Waals surface area (Å²) in [6.07, 6.45) is 10.3. The maximum absolute atomic E-state index is 12.4. The minimum Gasteiger partial charge on any atom is -0.475 e. The van der Waals surface area contributed by atoms with Crippen molar-refractivity contribution in [1.29, 1.82) is 0 Å². The van der Waals surface area contributed by atoms with Crippen LogP contribution in [0.5, 0.6) is 5.88 Å². The van der Waals surface area contributed by atoms with Crippen LogP contribution in [0, 0.1) is 0 Å². The third kappa shape index (κ3) is 7.21. The molecule has 0 fully saturated rings. The fourth-order valence-corrected chi connectivity index (χ4v) is 4.54. The number of carbonyl (C=O) groups is 1. The first-order chi connectivity index (χ1) is 14.4. The van der Waals surface area contributed by atoms with Crippen molar-refractivity contribution in [1.82, 2.24) is 8.75 Å². The number of rotatable bonds is 13. The van der Waals surface area contributed by atoms with Crippen molar-refractivity contribution in [3.05, 3.63) is 11.8 Å². The van der Waals surface area contributed by atoms with Gasteiger partial charge in [-0.3, -0.25) is 4.48 Å². The second-order valence-corrected chi connectivity index (χ2v) is 9.73. The molecule has 170 valence electrons. The Morgan fingerprint density at radius 1 is 1.37 bits per heavy atom. The van der Waals surface area contributed by atoms with E-state index >= 15 is 0 Å². The summed E-state index contributed by atoms with van der Waals surface area (Å²) in [4.78, 5) is 12.4. The van der Waals surface area contributed by atoms with Gasteiger partial charge in [-0.05, 0) is 18.4 Å². The van der Waals surface area contributed by atoms with Crippen LogP contribution in [0.15, 0.2) is 6.08 Å². The lowest BCUT2D eigenvalue weighted by Crippen LogP contribution is -2.67. The molecule has 2 heterocycles. The number of carbonyl (C=O) groups excluding carboxylic acids is 1. The summed E-state index contributed by atoms with van der Waals surface area (Å²) in [7, 11) is 2.13. The molecule has 3 N–H and O–H groups in total. The number of hydrogen-bond donors (Lipinski definition) is 1. The van der Waals surface area contributed by atoms with Crippen molar-refractivity contribution in [3.8, 4) is 5.88 Å². The van der Waals surface area contributed by atoms with E-state index in [0.717, 1.165) is 49.4 Å². The smallest absolute Gasteiger partial charge is 0.369 e. The molecular weight excluding hydrogens is 420 g/mol. The van der Waals surface area contributed by atoms with Crippen LogP contribution in [0.1, 0.15) is 58.1 Å². The van der Waals surface area contributed by atoms with E-state index in [1.54, 1.807) is 11.8 Å². The van der Waals surface area contributed by atoms with Crippen molar-refractivity contribution < 1.29 is 24.5 Å². The van der Waals surface area contributed by atoms with Gasteiger partial charge in [-0.2, -0.15) is 16.1 Å². The van der Waals surface area contributed by atoms with Crippen LogP contribution in [0.25, 0.3) is 5.57 Å². The Balaban J connectivity index is 1.96. The number of aromatic nitrogens is 2. The fourth-order valence-electron chi connectivity index (χ4n) is 3.49. The van der Waals surface area contributed by atoms with E-state index in [0.29, 0.717) is 17.0 Å². The number of hydrogen-bond acceptors (Lipinski definition) is 7. The van der Waals surface area contributed by atoms with Crippen LogP contribution >= 0.6 is 23.5 Å². The molecule has 0 saturated heterocycles. The van der Waals surface area contributed by atoms with Gasteiger partial charge >= 0.3 is 5.97 Å². The molecule has 0 bridgehead atoms. The Bertz CT molecular complexity index is 698. The molecule has 3 atom stereocenters. The third-order valence-electron chi connectivity index (χ3n) is 5.73. The molecule has 1 aliphatic heterocycles. The quantitative estimate of drug-likeness (QED) is 0.278. The molecule has 0 amide bonds. The molecule has 0 spiro atoms. The van der Waals surface area contributed by atoms with Gasteiger partial charge in [0.1, 0.15) is 12.2 Å². The number of thioether (sulfide) groups is 1. The third-order valence-corrected chi connectivity index (χ3v) is 6.89. The fraction of sp³-hybridized carbons (Fsp3) is 0.762. The Morgan fingerprint density at radius 2 is 2.17 bits per heavy atom. The minimum absolute atomic E-state index is 0.210. The highest BCUT2D eigenvalue weighted by Gasteiger charge is 2.37. The van der Waals surface area contributed by atoms with Gasteiger partial charge in [-0.15, -0.1) is 4.37 Å². The molecule has 7 nitrogen and oxygen atoms in total. The van der Waals surface area contributed by atoms with Gasteiger partial charge < -0.3 is 15.2 Å². The zero-order chi connectivity index (χ0) is 22.0. The van der Waals surface area contributed by atoms with Gasteiger partial charge in [0.05, 0.1) is 31.9 Å². The number of ether oxygens (including phenoxy) is 2. The molecule has 0 aliphatic carbocycles. The number of likely N-dealkylation sites (N-methyl/N-ethyl adjacent to an activating group) is 1. The number of quaternary nitrogens is 2. The minimum atomic E-state index is -0.318. The van der Waals surface area contributed by atoms with Gasteiger partial charge in [0.15, 0.2) is 6.04 Å². The molecule has 9 heteroatoms. The lowest BCUT2D eigenvalue weighted by molar-refractivity contribution is -0.944. The second-order valence-electron chi connectivity index (χ2n) is 8.22. The predicted molar refractivity (Wildman–Crippen MR) is 123 cm³/mol. The van der Waals surface area contributed by atoms with E-state index in [4.69, 9.17) is 9.47 Å². The molecule has 1 aliphatic rings. The summed E-state index contributed by atoms with van der Waals surface area (Å²) in [5.74, 6) is 1.34. The molecule has 0 saturated carbocycles. The van der Waals surface area contributed by atoms with Gasteiger partial charge in [0.25, 0.3) is 5.88 Å². The van der Waals surface area contributed by atoms with E-state index in [9.17, 15) is 4.79 Å². The Hall–Kier alpha value is -1.16. The van der Waals surface area contributed by atoms with Crippen molar-refractivity contribution in [2.75, 3.05) is 38.8 Å². The zero-order valence-electron chi connectivity index (χ0n) is 18.9. The van der Waals surface area contributed by atoms with Crippen molar-refractivity contribution in [3.63, 3.8) is 0 Å². The Morgan fingerprint density at radius 3 is 2.90 bits per heavy atom. The van der Waals surface area contributed by atoms with Gasteiger partial charge in [0, 0.05) is 25.3 Å². The molecule has 0 aromatic carbocycles. The van der Waals surface area contributed by atoms with Crippen LogP contribution < -0.4 is 10.5 Å². The highest BCUT2D eigenvalue weighted by atomic mass is 32.2. The van der Waals surface area contributed by atoms with E-state index in [1.165, 1.54) is 31.0 Å². The SMILES string of the molecule is CCCCCCOc1nsnc1C1=CCC[N+](C)(C(C)OC(=O)[C@@H]([NH3+])CCSC)C1. The first-order valence-corrected chi connectivity index (χ1v) is 13.0. The van der Waals surface area contributed by atoms with Gasteiger partial charge in [0.2, 0.25) is 6.23 Å². The van der Waals surface area contributed by atoms with Crippen LogP contribution in [-0.4, -0.2) is 70.2 Å². The number of unbranched alkanes of at least 4 members (excludes halogenated alkanes) is 3. The van der Waals surface area contributed by atoms with Crippen molar-refractivity contribution >= 4 is 35.0 Å². The van der Waals surface area contributed by atoms with E-state index in [2.05, 4.69) is 34.5 Å². The summed E-state index contributed by atoms with van der Waals surface area (Å²) in [6.45, 7) is 6.50. The van der Waals surface area contributed by atoms with Crippen molar-refractivity contribution in [2.45, 2.75) is 64.6 Å². The monoisotopic (exact) mass is 458 g/mol. The molecule has 30 heavy (non-hydrogen) atoms. The Labute approximate surface area is 189 Å². The van der Waals surface area contributed by atoms with Crippen molar-refractivity contribution in [2.24, 2.45) is 0 Å². The second kappa shape index (κ2) is 12.6. The standard InChI is InChI=1S/C21H37N4O3S2/c1-5-6-7-8-13-27-20-19(23-30-24-20)17-10-9-12-25(3,15-17)16(2)28-21(26)18(22)11-14-29-4/h10,16,18H,5-9,11-15,22H2,1-4H3/q+1/p+1/t16?,18-,25?/m0/s1. The zero-order valence-corrected chi connectivity index (χ0v) is 20.5. The summed E-state index contributed by atoms with van der Waals surface area (Å²) in [5.41, 5.74) is 5.93. The first-order valence-electron chi connectivity index (χ1n) is 10.9. The normalized spacial score (nSPS) is 21.0. The van der Waals surface area contributed by atoms with E-state index < -0.39 is 0 Å². The summed E-state index contributed by atoms with van der Waals surface area (Å²) in [6, 6.07) is -0.318. The molecule has 0 radical (unpaired) electrons. The molecule has 2 rings (SSSR count). The number of nitrogens with zero attached hydrogens (tertiary/aromatic N) is 3. The summed E-state index contributed by atoms with van der Waals surface area (Å²) >= 11 is 2.91. The maximum Gasteiger partial charge on any atom is 0.369 e. The lowest BCUT2D eigenvalue weighted by atomic mass is 10.0. The molecular formula is C21H38N4O3S2+2. The number of esters is 1. The van der Waals surface area contributed by atoms with Gasteiger partial charge in [-0.1, -0.05) is 32.3 Å². The highest BCUT2D eigenvalue weighted by molar-refractivity contribution is 7.98.